The van der Waals surface area contributed by atoms with Crippen molar-refractivity contribution in [3.8, 4) is 0 Å². The van der Waals surface area contributed by atoms with E-state index in [-0.39, 0.29) is 5.92 Å². The minimum Gasteiger partial charge on any atom is -0.390 e. The third kappa shape index (κ3) is 1.50. The Morgan fingerprint density at radius 3 is 2.33 bits per heavy atom. The van der Waals surface area contributed by atoms with E-state index in [4.69, 9.17) is 4.74 Å². The van der Waals surface area contributed by atoms with Gasteiger partial charge in [-0.05, 0) is 6.92 Å². The van der Waals surface area contributed by atoms with Crippen molar-refractivity contribution >= 4 is 6.29 Å². The summed E-state index contributed by atoms with van der Waals surface area (Å²) < 4.78 is 5.06. The standard InChI is InChI=1S/C8H14O4/c1-4-7(10)5(2)12-6(3-9)8(4)11/h3-8,10-11H,1-2H3/t4-,5+,6-,7-,8+/m0/s1. The highest BCUT2D eigenvalue weighted by Gasteiger charge is 2.39. The lowest BCUT2D eigenvalue weighted by atomic mass is 9.88. The van der Waals surface area contributed by atoms with Gasteiger partial charge in [0.1, 0.15) is 6.10 Å². The minimum absolute atomic E-state index is 0.316. The van der Waals surface area contributed by atoms with Crippen molar-refractivity contribution in [2.24, 2.45) is 5.92 Å². The molecule has 0 aliphatic carbocycles. The molecular formula is C8H14O4. The highest BCUT2D eigenvalue weighted by molar-refractivity contribution is 5.57. The molecule has 0 saturated carbocycles. The predicted molar refractivity (Wildman–Crippen MR) is 41.6 cm³/mol. The molecule has 0 spiro atoms. The summed E-state index contributed by atoms with van der Waals surface area (Å²) in [5.41, 5.74) is 0. The number of hydrogen-bond donors (Lipinski definition) is 2. The second kappa shape index (κ2) is 3.51. The Kier molecular flexibility index (Phi) is 2.82. The van der Waals surface area contributed by atoms with Crippen LogP contribution < -0.4 is 0 Å². The first-order valence-electron chi connectivity index (χ1n) is 4.04. The molecule has 70 valence electrons. The van der Waals surface area contributed by atoms with Crippen LogP contribution >= 0.6 is 0 Å². The average Bonchev–Trinajstić information content (AvgIpc) is 2.08. The first-order valence-corrected chi connectivity index (χ1v) is 4.04. The maximum absolute atomic E-state index is 10.4. The van der Waals surface area contributed by atoms with Gasteiger partial charge in [0.2, 0.25) is 0 Å². The molecule has 12 heavy (non-hydrogen) atoms. The van der Waals surface area contributed by atoms with E-state index in [1.807, 2.05) is 0 Å². The molecule has 1 saturated heterocycles. The zero-order valence-corrected chi connectivity index (χ0v) is 7.18. The summed E-state index contributed by atoms with van der Waals surface area (Å²) in [6.45, 7) is 3.38. The van der Waals surface area contributed by atoms with Crippen molar-refractivity contribution in [2.75, 3.05) is 0 Å². The highest BCUT2D eigenvalue weighted by Crippen LogP contribution is 2.24. The lowest BCUT2D eigenvalue weighted by molar-refractivity contribution is -0.186. The van der Waals surface area contributed by atoms with E-state index in [1.165, 1.54) is 0 Å². The molecule has 0 radical (unpaired) electrons. The number of hydrogen-bond acceptors (Lipinski definition) is 4. The van der Waals surface area contributed by atoms with Crippen LogP contribution in [0.2, 0.25) is 0 Å². The summed E-state index contributed by atoms with van der Waals surface area (Å²) >= 11 is 0. The molecule has 1 fully saturated rings. The predicted octanol–water partition coefficient (Wildman–Crippen LogP) is -0.670. The molecule has 4 heteroatoms. The first-order chi connectivity index (χ1) is 5.57. The van der Waals surface area contributed by atoms with Gasteiger partial charge in [-0.25, -0.2) is 0 Å². The summed E-state index contributed by atoms with van der Waals surface area (Å²) in [5, 5.41) is 18.8. The van der Waals surface area contributed by atoms with Crippen molar-refractivity contribution < 1.29 is 19.7 Å². The van der Waals surface area contributed by atoms with Crippen LogP contribution in [0.1, 0.15) is 13.8 Å². The van der Waals surface area contributed by atoms with Gasteiger partial charge >= 0.3 is 0 Å². The Morgan fingerprint density at radius 2 is 1.83 bits per heavy atom. The molecule has 1 rings (SSSR count). The molecule has 5 atom stereocenters. The number of aldehydes is 1. The maximum Gasteiger partial charge on any atom is 0.151 e. The van der Waals surface area contributed by atoms with Gasteiger partial charge < -0.3 is 19.7 Å². The Bertz CT molecular complexity index is 170. The second-order valence-corrected chi connectivity index (χ2v) is 3.28. The summed E-state index contributed by atoms with van der Waals surface area (Å²) in [4.78, 5) is 10.4. The second-order valence-electron chi connectivity index (χ2n) is 3.28. The highest BCUT2D eigenvalue weighted by atomic mass is 16.5. The van der Waals surface area contributed by atoms with Gasteiger partial charge in [-0.2, -0.15) is 0 Å². The van der Waals surface area contributed by atoms with Crippen molar-refractivity contribution in [2.45, 2.75) is 38.3 Å². The van der Waals surface area contributed by atoms with Gasteiger partial charge in [0.25, 0.3) is 0 Å². The van der Waals surface area contributed by atoms with Gasteiger partial charge in [0.05, 0.1) is 18.3 Å². The zero-order valence-electron chi connectivity index (χ0n) is 7.18. The van der Waals surface area contributed by atoms with Crippen molar-refractivity contribution in [1.29, 1.82) is 0 Å². The molecule has 0 aromatic carbocycles. The number of rotatable bonds is 1. The fourth-order valence-electron chi connectivity index (χ4n) is 1.45. The normalized spacial score (nSPS) is 48.8. The number of aliphatic hydroxyl groups excluding tert-OH is 2. The Labute approximate surface area is 71.2 Å². The number of aliphatic hydroxyl groups is 2. The summed E-state index contributed by atoms with van der Waals surface area (Å²) in [6.07, 6.45) is -2.20. The molecule has 0 amide bonds. The molecule has 4 nitrogen and oxygen atoms in total. The van der Waals surface area contributed by atoms with E-state index in [1.54, 1.807) is 13.8 Å². The van der Waals surface area contributed by atoms with E-state index < -0.39 is 24.4 Å². The van der Waals surface area contributed by atoms with Gasteiger partial charge in [-0.3, -0.25) is 0 Å². The molecule has 1 aliphatic rings. The first kappa shape index (κ1) is 9.64. The van der Waals surface area contributed by atoms with Crippen molar-refractivity contribution in [1.82, 2.24) is 0 Å². The molecular weight excluding hydrogens is 160 g/mol. The van der Waals surface area contributed by atoms with Crippen LogP contribution in [0.15, 0.2) is 0 Å². The fraction of sp³-hybridized carbons (Fsp3) is 0.875. The number of carbonyl (C=O) groups is 1. The van der Waals surface area contributed by atoms with E-state index in [9.17, 15) is 15.0 Å². The van der Waals surface area contributed by atoms with Gasteiger partial charge in [-0.1, -0.05) is 6.92 Å². The topological polar surface area (TPSA) is 66.8 Å². The van der Waals surface area contributed by atoms with Crippen LogP contribution in [0.4, 0.5) is 0 Å². The molecule has 1 heterocycles. The third-order valence-corrected chi connectivity index (χ3v) is 2.40. The van der Waals surface area contributed by atoms with Gasteiger partial charge in [0.15, 0.2) is 6.29 Å². The summed E-state index contributed by atoms with van der Waals surface area (Å²) in [6, 6.07) is 0. The zero-order chi connectivity index (χ0) is 9.30. The quantitative estimate of drug-likeness (QED) is 0.517. The van der Waals surface area contributed by atoms with E-state index in [0.29, 0.717) is 6.29 Å². The van der Waals surface area contributed by atoms with Crippen LogP contribution in [0.5, 0.6) is 0 Å². The van der Waals surface area contributed by atoms with E-state index in [0.717, 1.165) is 0 Å². The van der Waals surface area contributed by atoms with Crippen molar-refractivity contribution in [3.63, 3.8) is 0 Å². The molecule has 2 N–H and O–H groups in total. The smallest absolute Gasteiger partial charge is 0.151 e. The Hall–Kier alpha value is -0.450. The largest absolute Gasteiger partial charge is 0.390 e. The lowest BCUT2D eigenvalue weighted by Crippen LogP contribution is -2.52. The molecule has 0 unspecified atom stereocenters. The van der Waals surface area contributed by atoms with E-state index in [2.05, 4.69) is 0 Å². The number of carbonyl (C=O) groups excluding carboxylic acids is 1. The van der Waals surface area contributed by atoms with Crippen LogP contribution in [-0.4, -0.2) is 40.9 Å². The summed E-state index contributed by atoms with van der Waals surface area (Å²) in [5.74, 6) is -0.316. The van der Waals surface area contributed by atoms with Crippen LogP contribution in [0, 0.1) is 5.92 Å². The molecule has 0 aromatic heterocycles. The molecule has 0 aromatic rings. The van der Waals surface area contributed by atoms with E-state index >= 15 is 0 Å². The average molecular weight is 174 g/mol. The minimum atomic E-state index is -0.895. The van der Waals surface area contributed by atoms with Crippen LogP contribution in [0.25, 0.3) is 0 Å². The molecule has 0 bridgehead atoms. The van der Waals surface area contributed by atoms with Gasteiger partial charge in [0, 0.05) is 5.92 Å². The third-order valence-electron chi connectivity index (χ3n) is 2.40. The fourth-order valence-corrected chi connectivity index (χ4v) is 1.45. The van der Waals surface area contributed by atoms with Crippen LogP contribution in [-0.2, 0) is 9.53 Å². The Morgan fingerprint density at radius 1 is 1.25 bits per heavy atom. The monoisotopic (exact) mass is 174 g/mol. The van der Waals surface area contributed by atoms with Crippen molar-refractivity contribution in [3.05, 3.63) is 0 Å². The Balaban J connectivity index is 2.70. The SMILES string of the molecule is C[C@@H]1[C@@H](O)[C@H](C=O)O[C@H](C)[C@H]1O. The lowest BCUT2D eigenvalue weighted by Gasteiger charge is -2.38. The van der Waals surface area contributed by atoms with Crippen LogP contribution in [0.3, 0.4) is 0 Å². The molecule has 1 aliphatic heterocycles. The van der Waals surface area contributed by atoms with Gasteiger partial charge in [-0.15, -0.1) is 0 Å². The summed E-state index contributed by atoms with van der Waals surface area (Å²) in [7, 11) is 0. The number of ether oxygens (including phenoxy) is 1. The maximum atomic E-state index is 10.4.